The summed E-state index contributed by atoms with van der Waals surface area (Å²) in [5.41, 5.74) is 1.32. The van der Waals surface area contributed by atoms with Crippen LogP contribution >= 0.6 is 0 Å². The number of carbonyl (C=O) groups is 2. The zero-order valence-corrected chi connectivity index (χ0v) is 14.8. The minimum Gasteiger partial charge on any atom is -0.325 e. The lowest BCUT2D eigenvalue weighted by Gasteiger charge is -2.39. The second kappa shape index (κ2) is 6.99. The molecule has 0 spiro atoms. The number of anilines is 1. The average Bonchev–Trinajstić information content (AvgIpc) is 3.24. The number of para-hydroxylation sites is 1. The van der Waals surface area contributed by atoms with Gasteiger partial charge in [-0.2, -0.15) is 0 Å². The molecule has 0 radical (unpaired) electrons. The van der Waals surface area contributed by atoms with Gasteiger partial charge in [-0.3, -0.25) is 14.2 Å². The van der Waals surface area contributed by atoms with Crippen molar-refractivity contribution in [3.05, 3.63) is 66.9 Å². The number of hydrogen-bond acceptors (Lipinski definition) is 5. The molecule has 1 atom stereocenters. The van der Waals surface area contributed by atoms with Gasteiger partial charge in [0.2, 0.25) is 5.91 Å². The molecule has 4 rings (SSSR count). The number of benzene rings is 1. The largest absolute Gasteiger partial charge is 0.325 e. The predicted molar refractivity (Wildman–Crippen MR) is 98.4 cm³/mol. The highest BCUT2D eigenvalue weighted by molar-refractivity contribution is 6.02. The monoisotopic (exact) mass is 362 g/mol. The molecule has 0 N–H and O–H groups in total. The summed E-state index contributed by atoms with van der Waals surface area (Å²) in [6.45, 7) is 2.44. The Morgan fingerprint density at radius 2 is 1.85 bits per heavy atom. The Morgan fingerprint density at radius 1 is 1.11 bits per heavy atom. The minimum absolute atomic E-state index is 0.0409. The fourth-order valence-electron chi connectivity index (χ4n) is 3.16. The van der Waals surface area contributed by atoms with Crippen molar-refractivity contribution in [3.63, 3.8) is 0 Å². The maximum absolute atomic E-state index is 13.0. The Morgan fingerprint density at radius 3 is 2.59 bits per heavy atom. The molecule has 2 amide bonds. The Bertz CT molecular complexity index is 957. The van der Waals surface area contributed by atoms with Gasteiger partial charge < -0.3 is 9.80 Å². The second-order valence-electron chi connectivity index (χ2n) is 6.39. The van der Waals surface area contributed by atoms with Crippen LogP contribution in [0.1, 0.15) is 17.3 Å². The number of hydrogen-bond donors (Lipinski definition) is 0. The number of amides is 2. The van der Waals surface area contributed by atoms with Crippen LogP contribution in [-0.2, 0) is 4.79 Å². The normalized spacial score (nSPS) is 17.2. The number of piperazine rings is 1. The summed E-state index contributed by atoms with van der Waals surface area (Å²) >= 11 is 0. The number of rotatable bonds is 3. The molecule has 1 aliphatic rings. The summed E-state index contributed by atoms with van der Waals surface area (Å²) in [4.78, 5) is 33.2. The van der Waals surface area contributed by atoms with Crippen molar-refractivity contribution in [1.82, 2.24) is 24.6 Å². The smallest absolute Gasteiger partial charge is 0.254 e. The fraction of sp³-hybridized carbons (Fsp3) is 0.211. The van der Waals surface area contributed by atoms with Crippen molar-refractivity contribution in [2.45, 2.75) is 13.0 Å². The lowest BCUT2D eigenvalue weighted by atomic mass is 10.1. The van der Waals surface area contributed by atoms with Crippen LogP contribution in [0.25, 0.3) is 5.82 Å². The Balaban J connectivity index is 1.55. The highest BCUT2D eigenvalue weighted by Gasteiger charge is 2.33. The molecule has 8 nitrogen and oxygen atoms in total. The Hall–Kier alpha value is -3.55. The predicted octanol–water partition coefficient (Wildman–Crippen LogP) is 1.54. The van der Waals surface area contributed by atoms with Gasteiger partial charge in [0.25, 0.3) is 5.91 Å². The van der Waals surface area contributed by atoms with Crippen molar-refractivity contribution in [1.29, 1.82) is 0 Å². The Kier molecular flexibility index (Phi) is 4.37. The summed E-state index contributed by atoms with van der Waals surface area (Å²) in [6, 6.07) is 12.7. The molecule has 3 aromatic rings. The standard InChI is InChI=1S/C19H18N6O2/c1-14-10-25(16-5-3-2-4-6-16)18(26)11-24(14)19(27)15-7-8-20-17(9-15)23-12-21-22-13-23/h2-9,12-14H,10-11H2,1H3/t14-/m0/s1. The van der Waals surface area contributed by atoms with Crippen molar-refractivity contribution < 1.29 is 9.59 Å². The molecule has 0 unspecified atom stereocenters. The van der Waals surface area contributed by atoms with Gasteiger partial charge in [-0.25, -0.2) is 4.98 Å². The van der Waals surface area contributed by atoms with E-state index >= 15 is 0 Å². The zero-order chi connectivity index (χ0) is 18.8. The van der Waals surface area contributed by atoms with Gasteiger partial charge in [0, 0.05) is 30.0 Å². The third-order valence-corrected chi connectivity index (χ3v) is 4.59. The molecular formula is C19H18N6O2. The molecule has 1 aliphatic heterocycles. The van der Waals surface area contributed by atoms with Gasteiger partial charge in [-0.1, -0.05) is 18.2 Å². The highest BCUT2D eigenvalue weighted by Crippen LogP contribution is 2.21. The molecule has 27 heavy (non-hydrogen) atoms. The molecule has 0 aliphatic carbocycles. The van der Waals surface area contributed by atoms with Crippen LogP contribution in [0.15, 0.2) is 61.3 Å². The van der Waals surface area contributed by atoms with Crippen molar-refractivity contribution >= 4 is 17.5 Å². The van der Waals surface area contributed by atoms with E-state index in [1.165, 1.54) is 12.7 Å². The van der Waals surface area contributed by atoms with E-state index in [0.29, 0.717) is 17.9 Å². The zero-order valence-electron chi connectivity index (χ0n) is 14.8. The quantitative estimate of drug-likeness (QED) is 0.706. The molecule has 1 fully saturated rings. The second-order valence-corrected chi connectivity index (χ2v) is 6.39. The summed E-state index contributed by atoms with van der Waals surface area (Å²) in [6.07, 6.45) is 4.60. The van der Waals surface area contributed by atoms with E-state index in [4.69, 9.17) is 0 Å². The van der Waals surface area contributed by atoms with Crippen LogP contribution in [0, 0.1) is 0 Å². The van der Waals surface area contributed by atoms with E-state index in [1.807, 2.05) is 37.3 Å². The van der Waals surface area contributed by atoms with Crippen LogP contribution in [0.5, 0.6) is 0 Å². The summed E-state index contributed by atoms with van der Waals surface area (Å²) < 4.78 is 1.62. The van der Waals surface area contributed by atoms with Gasteiger partial charge >= 0.3 is 0 Å². The van der Waals surface area contributed by atoms with Crippen LogP contribution in [0.2, 0.25) is 0 Å². The van der Waals surface area contributed by atoms with Crippen LogP contribution in [0.3, 0.4) is 0 Å². The SMILES string of the molecule is C[C@H]1CN(c2ccccc2)C(=O)CN1C(=O)c1ccnc(-n2cnnc2)c1. The van der Waals surface area contributed by atoms with Crippen LogP contribution in [-0.4, -0.2) is 55.6 Å². The van der Waals surface area contributed by atoms with Gasteiger partial charge in [0.1, 0.15) is 25.0 Å². The molecule has 1 aromatic carbocycles. The van der Waals surface area contributed by atoms with E-state index < -0.39 is 0 Å². The number of aromatic nitrogens is 4. The van der Waals surface area contributed by atoms with E-state index in [9.17, 15) is 9.59 Å². The maximum Gasteiger partial charge on any atom is 0.254 e. The summed E-state index contributed by atoms with van der Waals surface area (Å²) in [5.74, 6) is 0.258. The van der Waals surface area contributed by atoms with Gasteiger partial charge in [0.15, 0.2) is 0 Å². The molecule has 2 aromatic heterocycles. The van der Waals surface area contributed by atoms with Gasteiger partial charge in [-0.15, -0.1) is 10.2 Å². The fourth-order valence-corrected chi connectivity index (χ4v) is 3.16. The lowest BCUT2D eigenvalue weighted by Crippen LogP contribution is -2.57. The topological polar surface area (TPSA) is 84.2 Å². The first-order valence-electron chi connectivity index (χ1n) is 8.61. The minimum atomic E-state index is -0.194. The molecule has 0 saturated carbocycles. The highest BCUT2D eigenvalue weighted by atomic mass is 16.2. The first kappa shape index (κ1) is 16.9. The van der Waals surface area contributed by atoms with E-state index in [-0.39, 0.29) is 24.4 Å². The first-order chi connectivity index (χ1) is 13.1. The average molecular weight is 362 g/mol. The summed E-state index contributed by atoms with van der Waals surface area (Å²) in [7, 11) is 0. The van der Waals surface area contributed by atoms with Crippen molar-refractivity contribution in [2.24, 2.45) is 0 Å². The maximum atomic E-state index is 13.0. The number of carbonyl (C=O) groups excluding carboxylic acids is 2. The summed E-state index contributed by atoms with van der Waals surface area (Å²) in [5, 5.41) is 7.50. The van der Waals surface area contributed by atoms with E-state index in [2.05, 4.69) is 15.2 Å². The van der Waals surface area contributed by atoms with Crippen LogP contribution < -0.4 is 4.90 Å². The number of nitrogens with zero attached hydrogens (tertiary/aromatic N) is 6. The molecule has 136 valence electrons. The molecule has 0 bridgehead atoms. The molecule has 1 saturated heterocycles. The molecule has 8 heteroatoms. The Labute approximate surface area is 156 Å². The van der Waals surface area contributed by atoms with Crippen molar-refractivity contribution in [3.8, 4) is 5.82 Å². The first-order valence-corrected chi connectivity index (χ1v) is 8.61. The number of pyridine rings is 1. The third-order valence-electron chi connectivity index (χ3n) is 4.59. The molecular weight excluding hydrogens is 344 g/mol. The third kappa shape index (κ3) is 3.29. The lowest BCUT2D eigenvalue weighted by molar-refractivity contribution is -0.121. The van der Waals surface area contributed by atoms with E-state index in [1.54, 1.807) is 32.7 Å². The van der Waals surface area contributed by atoms with Gasteiger partial charge in [-0.05, 0) is 31.2 Å². The van der Waals surface area contributed by atoms with Gasteiger partial charge in [0.05, 0.1) is 0 Å². The van der Waals surface area contributed by atoms with Crippen molar-refractivity contribution in [2.75, 3.05) is 18.0 Å². The molecule has 3 heterocycles. The van der Waals surface area contributed by atoms with E-state index in [0.717, 1.165) is 5.69 Å². The van der Waals surface area contributed by atoms with Crippen LogP contribution in [0.4, 0.5) is 5.69 Å².